The molecule has 6 heteroatoms. The number of rotatable bonds is 8. The number of benzene rings is 1. The highest BCUT2D eigenvalue weighted by Crippen LogP contribution is 2.22. The van der Waals surface area contributed by atoms with Crippen LogP contribution in [0.3, 0.4) is 0 Å². The van der Waals surface area contributed by atoms with E-state index in [1.54, 1.807) is 20.1 Å². The number of methoxy groups -OCH3 is 1. The summed E-state index contributed by atoms with van der Waals surface area (Å²) in [5.41, 5.74) is 6.57. The number of carbonyl (C=O) groups excluding carboxylic acids is 1. The lowest BCUT2D eigenvalue weighted by atomic mass is 10.2. The summed E-state index contributed by atoms with van der Waals surface area (Å²) < 4.78 is 11.5. The number of nitrogens with two attached hydrogens (primary N) is 1. The molecule has 1 rings (SSSR count). The molecular formula is C14H21BrN2O3. The highest BCUT2D eigenvalue weighted by Gasteiger charge is 2.14. The summed E-state index contributed by atoms with van der Waals surface area (Å²) in [5, 5.41) is 2.80. The number of nitrogens with one attached hydrogen (secondary N) is 1. The molecule has 0 heterocycles. The molecule has 1 aromatic rings. The molecule has 0 saturated heterocycles. The van der Waals surface area contributed by atoms with Gasteiger partial charge in [0.15, 0.2) is 6.10 Å². The minimum atomic E-state index is -0.552. The Morgan fingerprint density at radius 1 is 1.50 bits per heavy atom. The van der Waals surface area contributed by atoms with Crippen molar-refractivity contribution in [3.63, 3.8) is 0 Å². The van der Waals surface area contributed by atoms with Crippen LogP contribution in [0.15, 0.2) is 22.7 Å². The number of halogens is 1. The van der Waals surface area contributed by atoms with E-state index in [0.29, 0.717) is 25.4 Å². The number of hydrogen-bond acceptors (Lipinski definition) is 4. The first-order valence-electron chi connectivity index (χ1n) is 6.50. The van der Waals surface area contributed by atoms with E-state index in [2.05, 4.69) is 21.2 Å². The van der Waals surface area contributed by atoms with Crippen molar-refractivity contribution in [1.29, 1.82) is 0 Å². The van der Waals surface area contributed by atoms with Crippen LogP contribution < -0.4 is 15.8 Å². The molecule has 3 N–H and O–H groups in total. The molecule has 20 heavy (non-hydrogen) atoms. The van der Waals surface area contributed by atoms with Crippen molar-refractivity contribution in [1.82, 2.24) is 5.32 Å². The molecule has 0 aliphatic rings. The molecule has 0 radical (unpaired) electrons. The fraction of sp³-hybridized carbons (Fsp3) is 0.500. The third kappa shape index (κ3) is 5.48. The zero-order valence-electron chi connectivity index (χ0n) is 11.8. The molecule has 0 fully saturated rings. The molecule has 1 aromatic carbocycles. The van der Waals surface area contributed by atoms with E-state index in [1.165, 1.54) is 0 Å². The second-order valence-electron chi connectivity index (χ2n) is 4.35. The fourth-order valence-electron chi connectivity index (χ4n) is 1.61. The van der Waals surface area contributed by atoms with E-state index in [1.807, 2.05) is 12.1 Å². The predicted molar refractivity (Wildman–Crippen MR) is 81.6 cm³/mol. The van der Waals surface area contributed by atoms with Crippen LogP contribution in [0.4, 0.5) is 0 Å². The van der Waals surface area contributed by atoms with Gasteiger partial charge < -0.3 is 20.5 Å². The van der Waals surface area contributed by atoms with Crippen molar-refractivity contribution in [2.75, 3.05) is 20.3 Å². The molecule has 0 saturated carbocycles. The Morgan fingerprint density at radius 3 is 2.90 bits per heavy atom. The molecule has 0 spiro atoms. The molecular weight excluding hydrogens is 324 g/mol. The largest absolute Gasteiger partial charge is 0.481 e. The van der Waals surface area contributed by atoms with Gasteiger partial charge >= 0.3 is 0 Å². The Labute approximate surface area is 127 Å². The summed E-state index contributed by atoms with van der Waals surface area (Å²) in [6, 6.07) is 5.50. The van der Waals surface area contributed by atoms with E-state index in [-0.39, 0.29) is 5.91 Å². The molecule has 0 aliphatic heterocycles. The van der Waals surface area contributed by atoms with Crippen LogP contribution in [-0.2, 0) is 16.1 Å². The van der Waals surface area contributed by atoms with E-state index in [0.717, 1.165) is 16.5 Å². The smallest absolute Gasteiger partial charge is 0.260 e. The van der Waals surface area contributed by atoms with Crippen LogP contribution >= 0.6 is 15.9 Å². The van der Waals surface area contributed by atoms with Crippen molar-refractivity contribution >= 4 is 21.8 Å². The molecule has 0 aliphatic carbocycles. The van der Waals surface area contributed by atoms with Crippen LogP contribution in [-0.4, -0.2) is 32.3 Å². The van der Waals surface area contributed by atoms with Crippen LogP contribution in [0.2, 0.25) is 0 Å². The quantitative estimate of drug-likeness (QED) is 0.705. The lowest BCUT2D eigenvalue weighted by Gasteiger charge is -2.15. The van der Waals surface area contributed by atoms with Crippen molar-refractivity contribution < 1.29 is 14.3 Å². The van der Waals surface area contributed by atoms with Gasteiger partial charge in [0.05, 0.1) is 0 Å². The Bertz CT molecular complexity index is 440. The van der Waals surface area contributed by atoms with Gasteiger partial charge in [-0.05, 0) is 37.1 Å². The highest BCUT2D eigenvalue weighted by molar-refractivity contribution is 9.10. The summed E-state index contributed by atoms with van der Waals surface area (Å²) in [5.74, 6) is 0.492. The summed E-state index contributed by atoms with van der Waals surface area (Å²) in [6.45, 7) is 3.34. The monoisotopic (exact) mass is 344 g/mol. The Morgan fingerprint density at radius 2 is 2.25 bits per heavy atom. The Kier molecular flexibility index (Phi) is 7.58. The number of carbonyl (C=O) groups is 1. The summed E-state index contributed by atoms with van der Waals surface area (Å²) in [7, 11) is 1.64. The first-order valence-corrected chi connectivity index (χ1v) is 7.29. The standard InChI is InChI=1S/C14H21BrN2O3/c1-10(14(18)17-6-3-7-19-2)20-12-4-5-13(15)11(8-12)9-16/h4-5,8,10H,3,6-7,9,16H2,1-2H3,(H,17,18). The van der Waals surface area contributed by atoms with E-state index in [9.17, 15) is 4.79 Å². The van der Waals surface area contributed by atoms with Crippen LogP contribution in [0.25, 0.3) is 0 Å². The maximum Gasteiger partial charge on any atom is 0.260 e. The van der Waals surface area contributed by atoms with Crippen LogP contribution in [0, 0.1) is 0 Å². The van der Waals surface area contributed by atoms with Gasteiger partial charge in [-0.2, -0.15) is 0 Å². The zero-order valence-corrected chi connectivity index (χ0v) is 13.4. The molecule has 112 valence electrons. The minimum Gasteiger partial charge on any atom is -0.481 e. The minimum absolute atomic E-state index is 0.140. The SMILES string of the molecule is COCCCNC(=O)C(C)Oc1ccc(Br)c(CN)c1. The average molecular weight is 345 g/mol. The van der Waals surface area contributed by atoms with Crippen molar-refractivity contribution in [3.8, 4) is 5.75 Å². The molecule has 1 amide bonds. The van der Waals surface area contributed by atoms with Gasteiger partial charge in [-0.15, -0.1) is 0 Å². The number of ether oxygens (including phenoxy) is 2. The first kappa shape index (κ1) is 16.9. The van der Waals surface area contributed by atoms with E-state index in [4.69, 9.17) is 15.2 Å². The lowest BCUT2D eigenvalue weighted by Crippen LogP contribution is -2.37. The van der Waals surface area contributed by atoms with Gasteiger partial charge in [-0.3, -0.25) is 4.79 Å². The van der Waals surface area contributed by atoms with Gasteiger partial charge in [-0.1, -0.05) is 15.9 Å². The topological polar surface area (TPSA) is 73.6 Å². The van der Waals surface area contributed by atoms with Gasteiger partial charge in [0.2, 0.25) is 0 Å². The zero-order chi connectivity index (χ0) is 15.0. The molecule has 0 aromatic heterocycles. The Hall–Kier alpha value is -1.11. The third-order valence-corrected chi connectivity index (χ3v) is 3.52. The van der Waals surface area contributed by atoms with Gasteiger partial charge in [-0.25, -0.2) is 0 Å². The maximum atomic E-state index is 11.8. The van der Waals surface area contributed by atoms with E-state index >= 15 is 0 Å². The average Bonchev–Trinajstić information content (AvgIpc) is 2.45. The van der Waals surface area contributed by atoms with Gasteiger partial charge in [0, 0.05) is 31.3 Å². The molecule has 5 nitrogen and oxygen atoms in total. The molecule has 1 atom stereocenters. The predicted octanol–water partition coefficient (Wildman–Crippen LogP) is 1.83. The summed E-state index contributed by atoms with van der Waals surface area (Å²) >= 11 is 3.41. The first-order chi connectivity index (χ1) is 9.58. The Balaban J connectivity index is 2.48. The van der Waals surface area contributed by atoms with Crippen molar-refractivity contribution in [2.24, 2.45) is 5.73 Å². The van der Waals surface area contributed by atoms with Crippen LogP contribution in [0.5, 0.6) is 5.75 Å². The second kappa shape index (κ2) is 8.94. The normalized spacial score (nSPS) is 12.0. The van der Waals surface area contributed by atoms with Gasteiger partial charge in [0.1, 0.15) is 5.75 Å². The van der Waals surface area contributed by atoms with E-state index < -0.39 is 6.10 Å². The molecule has 1 unspecified atom stereocenters. The molecule has 0 bridgehead atoms. The maximum absolute atomic E-state index is 11.8. The second-order valence-corrected chi connectivity index (χ2v) is 5.21. The van der Waals surface area contributed by atoms with Crippen molar-refractivity contribution in [2.45, 2.75) is 26.0 Å². The number of amides is 1. The number of hydrogen-bond donors (Lipinski definition) is 2. The van der Waals surface area contributed by atoms with Crippen molar-refractivity contribution in [3.05, 3.63) is 28.2 Å². The lowest BCUT2D eigenvalue weighted by molar-refractivity contribution is -0.127. The summed E-state index contributed by atoms with van der Waals surface area (Å²) in [6.07, 6.45) is 0.231. The fourth-order valence-corrected chi connectivity index (χ4v) is 2.02. The third-order valence-electron chi connectivity index (χ3n) is 2.74. The highest BCUT2D eigenvalue weighted by atomic mass is 79.9. The summed E-state index contributed by atoms with van der Waals surface area (Å²) in [4.78, 5) is 11.8. The van der Waals surface area contributed by atoms with Gasteiger partial charge in [0.25, 0.3) is 5.91 Å². The van der Waals surface area contributed by atoms with Crippen LogP contribution in [0.1, 0.15) is 18.9 Å².